The van der Waals surface area contributed by atoms with E-state index in [9.17, 15) is 0 Å². The van der Waals surface area contributed by atoms with Crippen LogP contribution in [0.25, 0.3) is 0 Å². The van der Waals surface area contributed by atoms with Crippen LogP contribution in [0.3, 0.4) is 0 Å². The van der Waals surface area contributed by atoms with Gasteiger partial charge in [-0.1, -0.05) is 35.3 Å². The Morgan fingerprint density at radius 2 is 1.85 bits per heavy atom. The first-order chi connectivity index (χ1) is 9.56. The summed E-state index contributed by atoms with van der Waals surface area (Å²) in [6.07, 6.45) is 0. The Bertz CT molecular complexity index is 613. The summed E-state index contributed by atoms with van der Waals surface area (Å²) in [6, 6.07) is 11.6. The van der Waals surface area contributed by atoms with E-state index in [-0.39, 0.29) is 6.04 Å². The van der Waals surface area contributed by atoms with Crippen molar-refractivity contribution >= 4 is 23.2 Å². The molecule has 0 aliphatic carbocycles. The van der Waals surface area contributed by atoms with Crippen molar-refractivity contribution in [3.05, 3.63) is 63.1 Å². The van der Waals surface area contributed by atoms with Crippen molar-refractivity contribution in [2.45, 2.75) is 13.0 Å². The first-order valence-corrected chi connectivity index (χ1v) is 7.09. The normalized spacial score (nSPS) is 12.2. The van der Waals surface area contributed by atoms with Crippen molar-refractivity contribution in [3.63, 3.8) is 0 Å². The van der Waals surface area contributed by atoms with E-state index in [1.54, 1.807) is 13.2 Å². The van der Waals surface area contributed by atoms with E-state index in [2.05, 4.69) is 11.4 Å². The van der Waals surface area contributed by atoms with Crippen LogP contribution < -0.4 is 10.1 Å². The van der Waals surface area contributed by atoms with Crippen LogP contribution in [-0.2, 0) is 0 Å². The number of halogens is 2. The smallest absolute Gasteiger partial charge is 0.121 e. The first kappa shape index (κ1) is 15.2. The number of hydrogen-bond donors (Lipinski definition) is 1. The van der Waals surface area contributed by atoms with Crippen molar-refractivity contribution in [2.24, 2.45) is 0 Å². The van der Waals surface area contributed by atoms with Gasteiger partial charge in [-0.05, 0) is 54.9 Å². The average Bonchev–Trinajstić information content (AvgIpc) is 2.44. The molecule has 0 saturated heterocycles. The summed E-state index contributed by atoms with van der Waals surface area (Å²) in [7, 11) is 3.58. The van der Waals surface area contributed by atoms with Crippen LogP contribution in [0.15, 0.2) is 36.4 Å². The Hall–Kier alpha value is -1.22. The molecule has 0 fully saturated rings. The maximum absolute atomic E-state index is 6.29. The molecule has 0 heterocycles. The molecule has 106 valence electrons. The van der Waals surface area contributed by atoms with Gasteiger partial charge in [0.15, 0.2) is 0 Å². The highest BCUT2D eigenvalue weighted by atomic mass is 35.5. The zero-order valence-electron chi connectivity index (χ0n) is 11.7. The Balaban J connectivity index is 2.46. The summed E-state index contributed by atoms with van der Waals surface area (Å²) in [5, 5.41) is 4.66. The molecule has 1 unspecified atom stereocenters. The molecular weight excluding hydrogens is 293 g/mol. The van der Waals surface area contributed by atoms with Crippen molar-refractivity contribution in [2.75, 3.05) is 14.2 Å². The number of aryl methyl sites for hydroxylation is 1. The van der Waals surface area contributed by atoms with Gasteiger partial charge >= 0.3 is 0 Å². The molecule has 0 radical (unpaired) electrons. The van der Waals surface area contributed by atoms with Gasteiger partial charge in [-0.15, -0.1) is 0 Å². The second-order valence-corrected chi connectivity index (χ2v) is 5.46. The summed E-state index contributed by atoms with van der Waals surface area (Å²) in [4.78, 5) is 0. The lowest BCUT2D eigenvalue weighted by Crippen LogP contribution is -2.18. The number of ether oxygens (including phenoxy) is 1. The minimum Gasteiger partial charge on any atom is -0.496 e. The second-order valence-electron chi connectivity index (χ2n) is 4.62. The predicted octanol–water partition coefficient (Wildman–Crippen LogP) is 4.62. The van der Waals surface area contributed by atoms with Gasteiger partial charge in [0, 0.05) is 10.0 Å². The molecular formula is C16H17Cl2NO. The fraction of sp³-hybridized carbons (Fsp3) is 0.250. The molecule has 2 nitrogen and oxygen atoms in total. The van der Waals surface area contributed by atoms with E-state index in [1.807, 2.05) is 38.2 Å². The molecule has 20 heavy (non-hydrogen) atoms. The highest BCUT2D eigenvalue weighted by Gasteiger charge is 2.16. The first-order valence-electron chi connectivity index (χ1n) is 6.33. The third-order valence-electron chi connectivity index (χ3n) is 3.31. The van der Waals surface area contributed by atoms with E-state index < -0.39 is 0 Å². The summed E-state index contributed by atoms with van der Waals surface area (Å²) in [5.41, 5.74) is 3.17. The predicted molar refractivity (Wildman–Crippen MR) is 85.1 cm³/mol. The van der Waals surface area contributed by atoms with Crippen LogP contribution in [0.4, 0.5) is 0 Å². The molecule has 0 saturated carbocycles. The van der Waals surface area contributed by atoms with Crippen molar-refractivity contribution < 1.29 is 4.74 Å². The zero-order valence-corrected chi connectivity index (χ0v) is 13.2. The highest BCUT2D eigenvalue weighted by Crippen LogP contribution is 2.32. The van der Waals surface area contributed by atoms with Gasteiger partial charge in [-0.25, -0.2) is 0 Å². The SMILES string of the molecule is CNC(c1ccc(OC)c(C)c1)c1cc(Cl)ccc1Cl. The lowest BCUT2D eigenvalue weighted by Gasteiger charge is -2.20. The van der Waals surface area contributed by atoms with Gasteiger partial charge in [0.1, 0.15) is 5.75 Å². The van der Waals surface area contributed by atoms with Crippen LogP contribution in [-0.4, -0.2) is 14.2 Å². The Morgan fingerprint density at radius 1 is 1.10 bits per heavy atom. The minimum absolute atomic E-state index is 0.00851. The van der Waals surface area contributed by atoms with Crippen LogP contribution in [0, 0.1) is 6.92 Å². The molecule has 1 atom stereocenters. The molecule has 4 heteroatoms. The lowest BCUT2D eigenvalue weighted by molar-refractivity contribution is 0.411. The molecule has 0 amide bonds. The van der Waals surface area contributed by atoms with Crippen LogP contribution >= 0.6 is 23.2 Å². The van der Waals surface area contributed by atoms with Crippen LogP contribution in [0.1, 0.15) is 22.7 Å². The quantitative estimate of drug-likeness (QED) is 0.890. The Morgan fingerprint density at radius 3 is 2.45 bits per heavy atom. The van der Waals surface area contributed by atoms with Crippen molar-refractivity contribution in [3.8, 4) is 5.75 Å². The van der Waals surface area contributed by atoms with Crippen molar-refractivity contribution in [1.82, 2.24) is 5.32 Å². The largest absolute Gasteiger partial charge is 0.496 e. The second kappa shape index (κ2) is 6.49. The maximum Gasteiger partial charge on any atom is 0.121 e. The zero-order chi connectivity index (χ0) is 14.7. The number of benzene rings is 2. The van der Waals surface area contributed by atoms with E-state index in [4.69, 9.17) is 27.9 Å². The van der Waals surface area contributed by atoms with E-state index in [0.717, 1.165) is 22.4 Å². The monoisotopic (exact) mass is 309 g/mol. The molecule has 2 rings (SSSR count). The molecule has 0 bridgehead atoms. The standard InChI is InChI=1S/C16H17Cl2NO/c1-10-8-11(4-7-15(10)20-3)16(19-2)13-9-12(17)5-6-14(13)18/h4-9,16,19H,1-3H3. The van der Waals surface area contributed by atoms with Crippen LogP contribution in [0.2, 0.25) is 10.0 Å². The fourth-order valence-corrected chi connectivity index (χ4v) is 2.73. The molecule has 0 aliphatic heterocycles. The lowest BCUT2D eigenvalue weighted by atomic mass is 9.97. The van der Waals surface area contributed by atoms with Gasteiger partial charge in [0.2, 0.25) is 0 Å². The summed E-state index contributed by atoms with van der Waals surface area (Å²) < 4.78 is 5.29. The van der Waals surface area contributed by atoms with E-state index >= 15 is 0 Å². The maximum atomic E-state index is 6.29. The minimum atomic E-state index is -0.00851. The number of rotatable bonds is 4. The average molecular weight is 310 g/mol. The number of nitrogens with one attached hydrogen (secondary N) is 1. The van der Waals surface area contributed by atoms with Gasteiger partial charge in [-0.3, -0.25) is 0 Å². The number of hydrogen-bond acceptors (Lipinski definition) is 2. The third-order valence-corrected chi connectivity index (χ3v) is 3.89. The molecule has 2 aromatic rings. The highest BCUT2D eigenvalue weighted by molar-refractivity contribution is 6.33. The number of methoxy groups -OCH3 is 1. The summed E-state index contributed by atoms with van der Waals surface area (Å²) >= 11 is 12.4. The molecule has 0 aromatic heterocycles. The molecule has 0 aliphatic rings. The summed E-state index contributed by atoms with van der Waals surface area (Å²) in [6.45, 7) is 2.02. The summed E-state index contributed by atoms with van der Waals surface area (Å²) in [5.74, 6) is 0.876. The van der Waals surface area contributed by atoms with Crippen LogP contribution in [0.5, 0.6) is 5.75 Å². The molecule has 0 spiro atoms. The van der Waals surface area contributed by atoms with Gasteiger partial charge in [-0.2, -0.15) is 0 Å². The van der Waals surface area contributed by atoms with Gasteiger partial charge < -0.3 is 10.1 Å². The Labute approximate surface area is 129 Å². The fourth-order valence-electron chi connectivity index (χ4n) is 2.32. The van der Waals surface area contributed by atoms with E-state index in [1.165, 1.54) is 0 Å². The topological polar surface area (TPSA) is 21.3 Å². The Kier molecular flexibility index (Phi) is 4.92. The third kappa shape index (κ3) is 3.09. The van der Waals surface area contributed by atoms with E-state index in [0.29, 0.717) is 10.0 Å². The molecule has 2 aromatic carbocycles. The van der Waals surface area contributed by atoms with Gasteiger partial charge in [0.25, 0.3) is 0 Å². The molecule has 1 N–H and O–H groups in total. The van der Waals surface area contributed by atoms with Gasteiger partial charge in [0.05, 0.1) is 13.2 Å². The van der Waals surface area contributed by atoms with Crippen molar-refractivity contribution in [1.29, 1.82) is 0 Å².